The Hall–Kier alpha value is -0.410. The van der Waals surface area contributed by atoms with Crippen LogP contribution in [0.5, 0.6) is 0 Å². The van der Waals surface area contributed by atoms with Gasteiger partial charge in [0.15, 0.2) is 0 Å². The molecule has 1 atom stereocenters. The molecule has 1 unspecified atom stereocenters. The van der Waals surface area contributed by atoms with Gasteiger partial charge in [0.2, 0.25) is 0 Å². The van der Waals surface area contributed by atoms with E-state index in [9.17, 15) is 0 Å². The number of aryl methyl sites for hydroxylation is 1. The second-order valence-corrected chi connectivity index (χ2v) is 5.52. The van der Waals surface area contributed by atoms with Crippen LogP contribution in [0.1, 0.15) is 68.6 Å². The molecule has 1 rings (SSSR count). The molecule has 3 heteroatoms. The number of aromatic nitrogens is 1. The molecule has 0 aromatic carbocycles. The van der Waals surface area contributed by atoms with Gasteiger partial charge < -0.3 is 5.73 Å². The van der Waals surface area contributed by atoms with Crippen LogP contribution in [0.4, 0.5) is 0 Å². The van der Waals surface area contributed by atoms with Crippen LogP contribution >= 0.6 is 11.3 Å². The first-order chi connectivity index (χ1) is 7.74. The Balaban J connectivity index is 2.09. The molecule has 0 aliphatic heterocycles. The molecule has 0 fully saturated rings. The molecule has 0 radical (unpaired) electrons. The second-order valence-electron chi connectivity index (χ2n) is 4.45. The maximum absolute atomic E-state index is 6.09. The molecule has 2 N–H and O–H groups in total. The van der Waals surface area contributed by atoms with Crippen molar-refractivity contribution in [2.24, 2.45) is 5.73 Å². The highest BCUT2D eigenvalue weighted by Crippen LogP contribution is 2.19. The molecular formula is C13H24N2S. The first-order valence-electron chi connectivity index (χ1n) is 6.41. The smallest absolute Gasteiger partial charge is 0.0898 e. The average Bonchev–Trinajstić information content (AvgIpc) is 2.70. The Morgan fingerprint density at radius 2 is 1.94 bits per heavy atom. The first-order valence-corrected chi connectivity index (χ1v) is 7.29. The van der Waals surface area contributed by atoms with Crippen molar-refractivity contribution in [2.45, 2.75) is 64.8 Å². The summed E-state index contributed by atoms with van der Waals surface area (Å²) >= 11 is 1.69. The van der Waals surface area contributed by atoms with Crippen molar-refractivity contribution in [3.63, 3.8) is 0 Å². The minimum absolute atomic E-state index is 0.149. The van der Waals surface area contributed by atoms with Gasteiger partial charge in [-0.3, -0.25) is 0 Å². The summed E-state index contributed by atoms with van der Waals surface area (Å²) in [4.78, 5) is 4.43. The highest BCUT2D eigenvalue weighted by Gasteiger charge is 2.08. The fraction of sp³-hybridized carbons (Fsp3) is 0.769. The lowest BCUT2D eigenvalue weighted by molar-refractivity contribution is 0.542. The maximum Gasteiger partial charge on any atom is 0.0898 e. The molecule has 92 valence electrons. The van der Waals surface area contributed by atoms with Crippen molar-refractivity contribution >= 4 is 11.3 Å². The number of nitrogens with two attached hydrogens (primary N) is 1. The van der Waals surface area contributed by atoms with E-state index in [4.69, 9.17) is 5.73 Å². The van der Waals surface area contributed by atoms with Crippen LogP contribution in [-0.4, -0.2) is 4.98 Å². The molecule has 0 spiro atoms. The van der Waals surface area contributed by atoms with Gasteiger partial charge >= 0.3 is 0 Å². The largest absolute Gasteiger partial charge is 0.323 e. The maximum atomic E-state index is 6.09. The molecular weight excluding hydrogens is 216 g/mol. The third kappa shape index (κ3) is 5.08. The minimum Gasteiger partial charge on any atom is -0.323 e. The van der Waals surface area contributed by atoms with Crippen molar-refractivity contribution in [1.82, 2.24) is 4.98 Å². The van der Waals surface area contributed by atoms with Crippen LogP contribution in [0.2, 0.25) is 0 Å². The molecule has 1 aromatic heterocycles. The van der Waals surface area contributed by atoms with E-state index in [-0.39, 0.29) is 6.04 Å². The van der Waals surface area contributed by atoms with Crippen molar-refractivity contribution in [2.75, 3.05) is 0 Å². The molecule has 0 saturated heterocycles. The lowest BCUT2D eigenvalue weighted by Gasteiger charge is -2.08. The third-order valence-corrected chi connectivity index (χ3v) is 3.68. The normalized spacial score (nSPS) is 12.9. The van der Waals surface area contributed by atoms with E-state index in [2.05, 4.69) is 17.3 Å². The van der Waals surface area contributed by atoms with Crippen molar-refractivity contribution in [1.29, 1.82) is 0 Å². The first kappa shape index (κ1) is 13.7. The van der Waals surface area contributed by atoms with Crippen LogP contribution in [0.25, 0.3) is 0 Å². The SMILES string of the molecule is CCCCCCCCC(N)c1csc(C)n1. The molecule has 16 heavy (non-hydrogen) atoms. The van der Waals surface area contributed by atoms with Gasteiger partial charge in [-0.15, -0.1) is 11.3 Å². The molecule has 0 aliphatic carbocycles. The summed E-state index contributed by atoms with van der Waals surface area (Å²) in [5, 5.41) is 3.21. The molecule has 2 nitrogen and oxygen atoms in total. The molecule has 0 saturated carbocycles. The summed E-state index contributed by atoms with van der Waals surface area (Å²) in [6, 6.07) is 0.149. The van der Waals surface area contributed by atoms with Gasteiger partial charge in [0.25, 0.3) is 0 Å². The van der Waals surface area contributed by atoms with Crippen molar-refractivity contribution < 1.29 is 0 Å². The van der Waals surface area contributed by atoms with E-state index in [1.807, 2.05) is 6.92 Å². The quantitative estimate of drug-likeness (QED) is 0.692. The lowest BCUT2D eigenvalue weighted by Crippen LogP contribution is -2.10. The van der Waals surface area contributed by atoms with E-state index in [1.54, 1.807) is 11.3 Å². The zero-order chi connectivity index (χ0) is 11.8. The molecule has 1 aromatic rings. The van der Waals surface area contributed by atoms with E-state index in [1.165, 1.54) is 38.5 Å². The molecule has 0 aliphatic rings. The van der Waals surface area contributed by atoms with Crippen LogP contribution in [0, 0.1) is 6.92 Å². The number of thiazole rings is 1. The molecule has 0 amide bonds. The predicted molar refractivity (Wildman–Crippen MR) is 71.8 cm³/mol. The highest BCUT2D eigenvalue weighted by molar-refractivity contribution is 7.09. The minimum atomic E-state index is 0.149. The summed E-state index contributed by atoms with van der Waals surface area (Å²) in [5.74, 6) is 0. The Morgan fingerprint density at radius 3 is 2.56 bits per heavy atom. The third-order valence-electron chi connectivity index (χ3n) is 2.89. The van der Waals surface area contributed by atoms with Crippen LogP contribution in [0.3, 0.4) is 0 Å². The van der Waals surface area contributed by atoms with E-state index < -0.39 is 0 Å². The Bertz CT molecular complexity index is 283. The molecule has 1 heterocycles. The highest BCUT2D eigenvalue weighted by atomic mass is 32.1. The van der Waals surface area contributed by atoms with E-state index in [0.717, 1.165) is 17.1 Å². The summed E-state index contributed by atoms with van der Waals surface area (Å²) < 4.78 is 0. The fourth-order valence-electron chi connectivity index (χ4n) is 1.84. The number of unbranched alkanes of at least 4 members (excludes halogenated alkanes) is 5. The second kappa shape index (κ2) is 7.80. The van der Waals surface area contributed by atoms with Gasteiger partial charge in [0.1, 0.15) is 0 Å². The van der Waals surface area contributed by atoms with Gasteiger partial charge in [-0.1, -0.05) is 45.4 Å². The standard InChI is InChI=1S/C13H24N2S/c1-3-4-5-6-7-8-9-12(14)13-10-16-11(2)15-13/h10,12H,3-9,14H2,1-2H3. The zero-order valence-electron chi connectivity index (χ0n) is 10.5. The average molecular weight is 240 g/mol. The number of rotatable bonds is 8. The van der Waals surface area contributed by atoms with Gasteiger partial charge in [0, 0.05) is 11.4 Å². The van der Waals surface area contributed by atoms with Crippen LogP contribution < -0.4 is 5.73 Å². The van der Waals surface area contributed by atoms with Crippen LogP contribution in [-0.2, 0) is 0 Å². The number of hydrogen-bond acceptors (Lipinski definition) is 3. The topological polar surface area (TPSA) is 38.9 Å². The lowest BCUT2D eigenvalue weighted by atomic mass is 10.0. The molecule has 0 bridgehead atoms. The van der Waals surface area contributed by atoms with Crippen LogP contribution in [0.15, 0.2) is 5.38 Å². The number of hydrogen-bond donors (Lipinski definition) is 1. The van der Waals surface area contributed by atoms with Gasteiger partial charge in [-0.2, -0.15) is 0 Å². The van der Waals surface area contributed by atoms with Gasteiger partial charge in [0.05, 0.1) is 10.7 Å². The Morgan fingerprint density at radius 1 is 1.25 bits per heavy atom. The van der Waals surface area contributed by atoms with E-state index in [0.29, 0.717) is 0 Å². The number of nitrogens with zero attached hydrogens (tertiary/aromatic N) is 1. The monoisotopic (exact) mass is 240 g/mol. The Kier molecular flexibility index (Phi) is 6.65. The van der Waals surface area contributed by atoms with E-state index >= 15 is 0 Å². The Labute approximate surface area is 103 Å². The van der Waals surface area contributed by atoms with Gasteiger partial charge in [-0.05, 0) is 13.3 Å². The predicted octanol–water partition coefficient (Wildman–Crippen LogP) is 4.20. The summed E-state index contributed by atoms with van der Waals surface area (Å²) in [7, 11) is 0. The summed E-state index contributed by atoms with van der Waals surface area (Å²) in [5.41, 5.74) is 7.17. The summed E-state index contributed by atoms with van der Waals surface area (Å²) in [6.45, 7) is 4.28. The van der Waals surface area contributed by atoms with Gasteiger partial charge in [-0.25, -0.2) is 4.98 Å². The van der Waals surface area contributed by atoms with Crippen molar-refractivity contribution in [3.8, 4) is 0 Å². The van der Waals surface area contributed by atoms with Crippen molar-refractivity contribution in [3.05, 3.63) is 16.1 Å². The fourth-order valence-corrected chi connectivity index (χ4v) is 2.52. The summed E-state index contributed by atoms with van der Waals surface area (Å²) in [6.07, 6.45) is 9.06. The zero-order valence-corrected chi connectivity index (χ0v) is 11.4.